The summed E-state index contributed by atoms with van der Waals surface area (Å²) < 4.78 is 4.95. The third-order valence-corrected chi connectivity index (χ3v) is 1.12. The van der Waals surface area contributed by atoms with E-state index in [-0.39, 0.29) is 0 Å². The van der Waals surface area contributed by atoms with Crippen LogP contribution in [0, 0.1) is 10.1 Å². The summed E-state index contributed by atoms with van der Waals surface area (Å²) >= 11 is 0. The average molecular weight is 144 g/mol. The number of hydrogen-bond acceptors (Lipinski definition) is 4. The molecular formula is C5H8N2O3. The minimum absolute atomic E-state index is 0.320. The van der Waals surface area contributed by atoms with Crippen LogP contribution in [-0.4, -0.2) is 24.7 Å². The van der Waals surface area contributed by atoms with Gasteiger partial charge in [-0.25, -0.2) is 0 Å². The first kappa shape index (κ1) is 7.01. The van der Waals surface area contributed by atoms with E-state index in [2.05, 4.69) is 5.32 Å². The second-order valence-electron chi connectivity index (χ2n) is 1.92. The topological polar surface area (TPSA) is 64.4 Å². The van der Waals surface area contributed by atoms with Crippen molar-refractivity contribution in [2.45, 2.75) is 0 Å². The molecule has 0 spiro atoms. The summed E-state index contributed by atoms with van der Waals surface area (Å²) in [4.78, 5) is 9.41. The summed E-state index contributed by atoms with van der Waals surface area (Å²) in [5, 5.41) is 12.7. The maximum absolute atomic E-state index is 9.90. The van der Waals surface area contributed by atoms with Crippen LogP contribution in [0.25, 0.3) is 0 Å². The normalized spacial score (nSPS) is 22.2. The number of nitro groups is 1. The fraction of sp³-hybridized carbons (Fsp3) is 0.600. The quantitative estimate of drug-likeness (QED) is 0.406. The Kier molecular flexibility index (Phi) is 2.22. The Morgan fingerprint density at radius 2 is 2.60 bits per heavy atom. The monoisotopic (exact) mass is 144 g/mol. The highest BCUT2D eigenvalue weighted by Crippen LogP contribution is 1.95. The molecule has 10 heavy (non-hydrogen) atoms. The Bertz CT molecular complexity index is 158. The molecule has 5 heteroatoms. The Balaban J connectivity index is 2.45. The standard InChI is InChI=1S/C5H8N2O3/c8-7(9)3-5-4-10-2-1-6-5/h3,6H,1-2,4H2. The predicted molar refractivity (Wildman–Crippen MR) is 33.9 cm³/mol. The van der Waals surface area contributed by atoms with Crippen LogP contribution in [0.15, 0.2) is 11.9 Å². The van der Waals surface area contributed by atoms with Crippen LogP contribution in [-0.2, 0) is 4.74 Å². The van der Waals surface area contributed by atoms with Crippen molar-refractivity contribution >= 4 is 0 Å². The Hall–Kier alpha value is -1.10. The molecule has 0 unspecified atom stereocenters. The molecule has 1 heterocycles. The van der Waals surface area contributed by atoms with Gasteiger partial charge in [0.05, 0.1) is 18.1 Å². The molecular weight excluding hydrogens is 136 g/mol. The van der Waals surface area contributed by atoms with Gasteiger partial charge in [0.25, 0.3) is 6.20 Å². The van der Waals surface area contributed by atoms with Crippen LogP contribution < -0.4 is 5.32 Å². The lowest BCUT2D eigenvalue weighted by atomic mass is 10.4. The van der Waals surface area contributed by atoms with Crippen LogP contribution >= 0.6 is 0 Å². The summed E-state index contributed by atoms with van der Waals surface area (Å²) in [5.41, 5.74) is 0.538. The molecule has 1 rings (SSSR count). The molecule has 56 valence electrons. The minimum atomic E-state index is -0.489. The number of nitrogens with zero attached hydrogens (tertiary/aromatic N) is 1. The average Bonchev–Trinajstić information content (AvgIpc) is 1.88. The molecule has 1 N–H and O–H groups in total. The van der Waals surface area contributed by atoms with Crippen molar-refractivity contribution in [3.05, 3.63) is 22.0 Å². The van der Waals surface area contributed by atoms with Crippen LogP contribution in [0.3, 0.4) is 0 Å². The number of ether oxygens (including phenoxy) is 1. The molecule has 0 saturated carbocycles. The van der Waals surface area contributed by atoms with Crippen LogP contribution in [0.1, 0.15) is 0 Å². The number of rotatable bonds is 1. The van der Waals surface area contributed by atoms with E-state index >= 15 is 0 Å². The van der Waals surface area contributed by atoms with Crippen LogP contribution in [0.5, 0.6) is 0 Å². The van der Waals surface area contributed by atoms with Crippen LogP contribution in [0.4, 0.5) is 0 Å². The maximum atomic E-state index is 9.90. The van der Waals surface area contributed by atoms with Gasteiger partial charge in [-0.15, -0.1) is 0 Å². The van der Waals surface area contributed by atoms with Gasteiger partial charge >= 0.3 is 0 Å². The zero-order chi connectivity index (χ0) is 7.40. The van der Waals surface area contributed by atoms with Gasteiger partial charge in [-0.3, -0.25) is 10.1 Å². The van der Waals surface area contributed by atoms with E-state index in [0.717, 1.165) is 6.20 Å². The SMILES string of the molecule is O=[N+]([O-])C=C1COCCN1. The van der Waals surface area contributed by atoms with E-state index in [9.17, 15) is 10.1 Å². The molecule has 0 bridgehead atoms. The zero-order valence-corrected chi connectivity index (χ0v) is 5.37. The second-order valence-corrected chi connectivity index (χ2v) is 1.92. The largest absolute Gasteiger partial charge is 0.379 e. The van der Waals surface area contributed by atoms with E-state index in [1.165, 1.54) is 0 Å². The minimum Gasteiger partial charge on any atom is -0.379 e. The molecule has 0 radical (unpaired) electrons. The molecule has 0 aromatic heterocycles. The van der Waals surface area contributed by atoms with Crippen LogP contribution in [0.2, 0.25) is 0 Å². The summed E-state index contributed by atoms with van der Waals surface area (Å²) in [6.07, 6.45) is 0.930. The van der Waals surface area contributed by atoms with Crippen molar-refractivity contribution in [2.75, 3.05) is 19.8 Å². The van der Waals surface area contributed by atoms with Crippen molar-refractivity contribution in [3.63, 3.8) is 0 Å². The molecule has 1 saturated heterocycles. The smallest absolute Gasteiger partial charge is 0.255 e. The Morgan fingerprint density at radius 3 is 3.10 bits per heavy atom. The summed E-state index contributed by atoms with van der Waals surface area (Å²) in [6.45, 7) is 1.59. The molecule has 0 aromatic carbocycles. The zero-order valence-electron chi connectivity index (χ0n) is 5.37. The lowest BCUT2D eigenvalue weighted by molar-refractivity contribution is -0.404. The maximum Gasteiger partial charge on any atom is 0.255 e. The first-order chi connectivity index (χ1) is 4.79. The first-order valence-electron chi connectivity index (χ1n) is 2.95. The molecule has 0 aliphatic carbocycles. The Labute approximate surface area is 57.8 Å². The highest BCUT2D eigenvalue weighted by Gasteiger charge is 2.06. The fourth-order valence-corrected chi connectivity index (χ4v) is 0.727. The third kappa shape index (κ3) is 2.02. The summed E-state index contributed by atoms with van der Waals surface area (Å²) in [7, 11) is 0. The summed E-state index contributed by atoms with van der Waals surface area (Å²) in [5.74, 6) is 0. The van der Waals surface area contributed by atoms with Gasteiger partial charge < -0.3 is 10.1 Å². The van der Waals surface area contributed by atoms with Crippen molar-refractivity contribution in [1.29, 1.82) is 0 Å². The fourth-order valence-electron chi connectivity index (χ4n) is 0.727. The molecule has 1 aliphatic rings. The molecule has 5 nitrogen and oxygen atoms in total. The van der Waals surface area contributed by atoms with Gasteiger partial charge in [-0.2, -0.15) is 0 Å². The first-order valence-corrected chi connectivity index (χ1v) is 2.95. The van der Waals surface area contributed by atoms with Gasteiger partial charge in [0.2, 0.25) is 0 Å². The predicted octanol–water partition coefficient (Wildman–Crippen LogP) is -0.276. The van der Waals surface area contributed by atoms with Crippen molar-refractivity contribution in [1.82, 2.24) is 5.32 Å². The molecule has 1 aliphatic heterocycles. The van der Waals surface area contributed by atoms with Crippen molar-refractivity contribution < 1.29 is 9.66 Å². The van der Waals surface area contributed by atoms with E-state index in [4.69, 9.17) is 4.74 Å². The van der Waals surface area contributed by atoms with E-state index in [1.54, 1.807) is 0 Å². The van der Waals surface area contributed by atoms with Crippen molar-refractivity contribution in [3.8, 4) is 0 Å². The lowest BCUT2D eigenvalue weighted by Gasteiger charge is -2.14. The Morgan fingerprint density at radius 1 is 1.80 bits per heavy atom. The van der Waals surface area contributed by atoms with Gasteiger partial charge in [0, 0.05) is 6.54 Å². The summed E-state index contributed by atoms with van der Waals surface area (Å²) in [6, 6.07) is 0. The van der Waals surface area contributed by atoms with Crippen molar-refractivity contribution in [2.24, 2.45) is 0 Å². The number of morpholine rings is 1. The van der Waals surface area contributed by atoms with E-state index in [1.807, 2.05) is 0 Å². The van der Waals surface area contributed by atoms with E-state index < -0.39 is 4.92 Å². The second kappa shape index (κ2) is 3.17. The number of nitrogens with one attached hydrogen (secondary N) is 1. The highest BCUT2D eigenvalue weighted by atomic mass is 16.6. The van der Waals surface area contributed by atoms with Gasteiger partial charge in [0.15, 0.2) is 0 Å². The molecule has 0 aromatic rings. The molecule has 0 atom stereocenters. The van der Waals surface area contributed by atoms with Gasteiger partial charge in [0.1, 0.15) is 5.70 Å². The number of hydrogen-bond donors (Lipinski definition) is 1. The molecule has 1 fully saturated rings. The lowest BCUT2D eigenvalue weighted by Crippen LogP contribution is -2.29. The third-order valence-electron chi connectivity index (χ3n) is 1.12. The van der Waals surface area contributed by atoms with Gasteiger partial charge in [-0.1, -0.05) is 0 Å². The highest BCUT2D eigenvalue weighted by molar-refractivity contribution is 4.96. The van der Waals surface area contributed by atoms with Gasteiger partial charge in [-0.05, 0) is 0 Å². The van der Waals surface area contributed by atoms with E-state index in [0.29, 0.717) is 25.5 Å². The molecule has 0 amide bonds.